The minimum absolute atomic E-state index is 0.115. The summed E-state index contributed by atoms with van der Waals surface area (Å²) in [5, 5.41) is 0. The van der Waals surface area contributed by atoms with Gasteiger partial charge in [-0.15, -0.1) is 0 Å². The Bertz CT molecular complexity index is 1840. The number of hydrogen-bond acceptors (Lipinski definition) is 6. The number of carbonyl (C=O) groups is 3. The summed E-state index contributed by atoms with van der Waals surface area (Å²) in [5.74, 6) is -1.00. The highest BCUT2D eigenvalue weighted by Crippen LogP contribution is 2.14. The standard InChI is InChI=1S/C77H124O6/c1-4-7-10-13-16-19-22-25-28-31-34-37-38-41-43-46-49-52-55-58-61-64-67-70-76(79)82-73-74(83-77(80)71-68-65-62-59-56-53-50-47-44-40-36-33-30-27-24-21-18-15-12-9-6-3)72-81-75(78)69-66-63-60-57-54-51-48-45-42-39-35-32-29-26-23-20-17-14-11-8-5-2/h7,10,16,19,23-28,32-37,41-45,47,49,52,58,61,74H,4-6,8-9,11-15,17-18,20-22,29-31,38-40,46,48,50-51,53-57,59-60,62-73H2,1-3H3/b10-7-,19-16-,26-23-,27-24-,28-25-,35-32-,36-33-,37-34-,43-41-,45-42-,47-44-,52-49-,61-58-. The first kappa shape index (κ1) is 78.0. The molecule has 0 bridgehead atoms. The van der Waals surface area contributed by atoms with Crippen molar-refractivity contribution in [2.45, 2.75) is 297 Å². The number of allylic oxidation sites excluding steroid dienone is 26. The second-order valence-corrected chi connectivity index (χ2v) is 22.0. The number of carbonyl (C=O) groups excluding carboxylic acids is 3. The van der Waals surface area contributed by atoms with E-state index in [4.69, 9.17) is 14.2 Å². The van der Waals surface area contributed by atoms with Crippen LogP contribution in [0.5, 0.6) is 0 Å². The third-order valence-corrected chi connectivity index (χ3v) is 14.0. The van der Waals surface area contributed by atoms with E-state index in [9.17, 15) is 14.4 Å². The van der Waals surface area contributed by atoms with Crippen molar-refractivity contribution in [2.75, 3.05) is 13.2 Å². The highest BCUT2D eigenvalue weighted by atomic mass is 16.6. The monoisotopic (exact) mass is 1140 g/mol. The van der Waals surface area contributed by atoms with Gasteiger partial charge in [-0.25, -0.2) is 0 Å². The van der Waals surface area contributed by atoms with E-state index < -0.39 is 6.10 Å². The molecule has 0 aromatic carbocycles. The van der Waals surface area contributed by atoms with Crippen LogP contribution in [-0.2, 0) is 28.6 Å². The van der Waals surface area contributed by atoms with Crippen LogP contribution in [-0.4, -0.2) is 37.2 Å². The molecule has 6 heteroatoms. The van der Waals surface area contributed by atoms with Crippen LogP contribution in [0, 0.1) is 0 Å². The average Bonchev–Trinajstić information content (AvgIpc) is 3.49. The average molecular weight is 1150 g/mol. The van der Waals surface area contributed by atoms with Crippen LogP contribution in [0.4, 0.5) is 0 Å². The molecule has 0 heterocycles. The summed E-state index contributed by atoms with van der Waals surface area (Å²) in [7, 11) is 0. The summed E-state index contributed by atoms with van der Waals surface area (Å²) in [6, 6.07) is 0. The maximum atomic E-state index is 13.0. The smallest absolute Gasteiger partial charge is 0.306 e. The zero-order chi connectivity index (χ0) is 59.9. The lowest BCUT2D eigenvalue weighted by Gasteiger charge is -2.18. The van der Waals surface area contributed by atoms with Gasteiger partial charge in [-0.05, 0) is 148 Å². The van der Waals surface area contributed by atoms with Gasteiger partial charge >= 0.3 is 17.9 Å². The van der Waals surface area contributed by atoms with Gasteiger partial charge in [0, 0.05) is 19.3 Å². The number of hydrogen-bond donors (Lipinski definition) is 0. The molecule has 0 fully saturated rings. The molecule has 0 saturated carbocycles. The molecule has 0 aliphatic carbocycles. The maximum absolute atomic E-state index is 13.0. The fourth-order valence-corrected chi connectivity index (χ4v) is 8.92. The van der Waals surface area contributed by atoms with Gasteiger partial charge in [0.2, 0.25) is 0 Å². The van der Waals surface area contributed by atoms with Gasteiger partial charge in [0.1, 0.15) is 13.2 Å². The van der Waals surface area contributed by atoms with E-state index >= 15 is 0 Å². The van der Waals surface area contributed by atoms with Crippen molar-refractivity contribution in [1.29, 1.82) is 0 Å². The number of ether oxygens (including phenoxy) is 3. The molecule has 0 radical (unpaired) electrons. The first-order valence-electron chi connectivity index (χ1n) is 34.0. The summed E-state index contributed by atoms with van der Waals surface area (Å²) in [5.41, 5.74) is 0. The Morgan fingerprint density at radius 1 is 0.253 bits per heavy atom. The molecule has 468 valence electrons. The van der Waals surface area contributed by atoms with Crippen molar-refractivity contribution in [3.63, 3.8) is 0 Å². The van der Waals surface area contributed by atoms with E-state index in [2.05, 4.69) is 179 Å². The Morgan fingerprint density at radius 2 is 0.482 bits per heavy atom. The van der Waals surface area contributed by atoms with Crippen LogP contribution in [0.15, 0.2) is 158 Å². The van der Waals surface area contributed by atoms with Crippen LogP contribution in [0.25, 0.3) is 0 Å². The predicted octanol–water partition coefficient (Wildman–Crippen LogP) is 23.7. The quantitative estimate of drug-likeness (QED) is 0.0261. The maximum Gasteiger partial charge on any atom is 0.306 e. The van der Waals surface area contributed by atoms with Crippen molar-refractivity contribution >= 4 is 17.9 Å². The molecular formula is C77H124O6. The lowest BCUT2D eigenvalue weighted by Crippen LogP contribution is -2.30. The van der Waals surface area contributed by atoms with Crippen molar-refractivity contribution in [3.8, 4) is 0 Å². The number of esters is 3. The van der Waals surface area contributed by atoms with Gasteiger partial charge < -0.3 is 14.2 Å². The zero-order valence-corrected chi connectivity index (χ0v) is 53.7. The third kappa shape index (κ3) is 67.7. The SMILES string of the molecule is CC/C=C\C/C=C\C/C=C\C/C=C\C/C=C\C/C=C\C/C=C\CCCC(=O)OCC(COC(=O)CCCCCCCC/C=C\C/C=C\C/C=C\CCCCCCC)OC(=O)CCCCCCCC/C=C\C/C=C\C/C=C\CCCCCCC. The van der Waals surface area contributed by atoms with E-state index in [0.29, 0.717) is 19.3 Å². The summed E-state index contributed by atoms with van der Waals surface area (Å²) in [6.45, 7) is 6.44. The Balaban J connectivity index is 4.57. The lowest BCUT2D eigenvalue weighted by atomic mass is 10.1. The van der Waals surface area contributed by atoms with E-state index in [-0.39, 0.29) is 37.5 Å². The molecule has 1 atom stereocenters. The summed E-state index contributed by atoms with van der Waals surface area (Å²) in [6.07, 6.45) is 101. The van der Waals surface area contributed by atoms with Crippen molar-refractivity contribution < 1.29 is 28.6 Å². The minimum atomic E-state index is -0.825. The molecule has 0 amide bonds. The molecule has 0 spiro atoms. The normalized spacial score (nSPS) is 13.1. The second kappa shape index (κ2) is 69.5. The number of rotatable bonds is 60. The first-order valence-corrected chi connectivity index (χ1v) is 34.0. The Labute approximate surface area is 511 Å². The molecule has 0 aromatic rings. The van der Waals surface area contributed by atoms with Crippen LogP contribution in [0.1, 0.15) is 290 Å². The third-order valence-electron chi connectivity index (χ3n) is 14.0. The topological polar surface area (TPSA) is 78.9 Å². The van der Waals surface area contributed by atoms with Crippen LogP contribution >= 0.6 is 0 Å². The lowest BCUT2D eigenvalue weighted by molar-refractivity contribution is -0.167. The minimum Gasteiger partial charge on any atom is -0.462 e. The molecule has 6 nitrogen and oxygen atoms in total. The fourth-order valence-electron chi connectivity index (χ4n) is 8.92. The summed E-state index contributed by atoms with van der Waals surface area (Å²) >= 11 is 0. The molecular weight excluding hydrogens is 1020 g/mol. The van der Waals surface area contributed by atoms with E-state index in [1.807, 2.05) is 0 Å². The molecule has 0 rings (SSSR count). The Hall–Kier alpha value is -4.97. The van der Waals surface area contributed by atoms with E-state index in [1.54, 1.807) is 0 Å². The molecule has 0 aromatic heterocycles. The molecule has 0 saturated heterocycles. The van der Waals surface area contributed by atoms with Gasteiger partial charge in [0.15, 0.2) is 6.10 Å². The Kier molecular flexibility index (Phi) is 65.4. The highest BCUT2D eigenvalue weighted by Gasteiger charge is 2.19. The first-order chi connectivity index (χ1) is 41.0. The summed E-state index contributed by atoms with van der Waals surface area (Å²) in [4.78, 5) is 38.4. The molecule has 0 aliphatic rings. The van der Waals surface area contributed by atoms with Gasteiger partial charge in [0.05, 0.1) is 0 Å². The van der Waals surface area contributed by atoms with Gasteiger partial charge in [0.25, 0.3) is 0 Å². The predicted molar refractivity (Wildman–Crippen MR) is 362 cm³/mol. The number of unbranched alkanes of at least 4 members (excludes halogenated alkanes) is 23. The van der Waals surface area contributed by atoms with E-state index in [0.717, 1.165) is 141 Å². The second-order valence-electron chi connectivity index (χ2n) is 22.0. The van der Waals surface area contributed by atoms with Crippen LogP contribution in [0.2, 0.25) is 0 Å². The van der Waals surface area contributed by atoms with Crippen molar-refractivity contribution in [1.82, 2.24) is 0 Å². The molecule has 0 aliphatic heterocycles. The van der Waals surface area contributed by atoms with Crippen LogP contribution < -0.4 is 0 Å². The highest BCUT2D eigenvalue weighted by molar-refractivity contribution is 5.71. The zero-order valence-electron chi connectivity index (χ0n) is 53.7. The Morgan fingerprint density at radius 3 is 0.783 bits per heavy atom. The van der Waals surface area contributed by atoms with Gasteiger partial charge in [-0.2, -0.15) is 0 Å². The van der Waals surface area contributed by atoms with Crippen LogP contribution in [0.3, 0.4) is 0 Å². The molecule has 1 unspecified atom stereocenters. The molecule has 83 heavy (non-hydrogen) atoms. The largest absolute Gasteiger partial charge is 0.462 e. The molecule has 0 N–H and O–H groups in total. The van der Waals surface area contributed by atoms with Gasteiger partial charge in [-0.1, -0.05) is 281 Å². The summed E-state index contributed by atoms with van der Waals surface area (Å²) < 4.78 is 16.9. The van der Waals surface area contributed by atoms with Crippen molar-refractivity contribution in [3.05, 3.63) is 158 Å². The fraction of sp³-hybridized carbons (Fsp3) is 0.623. The van der Waals surface area contributed by atoms with Gasteiger partial charge in [-0.3, -0.25) is 14.4 Å². The van der Waals surface area contributed by atoms with Crippen molar-refractivity contribution in [2.24, 2.45) is 0 Å². The van der Waals surface area contributed by atoms with E-state index in [1.165, 1.54) is 103 Å².